The second-order valence-corrected chi connectivity index (χ2v) is 5.47. The Labute approximate surface area is 126 Å². The van der Waals surface area contributed by atoms with Crippen molar-refractivity contribution in [2.75, 3.05) is 24.3 Å². The van der Waals surface area contributed by atoms with Crippen LogP contribution >= 0.6 is 11.3 Å². The van der Waals surface area contributed by atoms with Gasteiger partial charge in [0.1, 0.15) is 10.6 Å². The third kappa shape index (κ3) is 2.81. The Morgan fingerprint density at radius 3 is 2.71 bits per heavy atom. The molecule has 3 aromatic rings. The second kappa shape index (κ2) is 6.07. The minimum atomic E-state index is -0.200. The van der Waals surface area contributed by atoms with Crippen LogP contribution in [0.3, 0.4) is 0 Å². The van der Waals surface area contributed by atoms with Crippen LogP contribution in [0.4, 0.5) is 11.8 Å². The molecule has 2 aromatic heterocycles. The van der Waals surface area contributed by atoms with Gasteiger partial charge < -0.3 is 15.7 Å². The van der Waals surface area contributed by atoms with Crippen LogP contribution in [0.15, 0.2) is 41.8 Å². The van der Waals surface area contributed by atoms with Crippen molar-refractivity contribution in [1.29, 1.82) is 0 Å². The van der Waals surface area contributed by atoms with Gasteiger partial charge in [-0.3, -0.25) is 0 Å². The Bertz CT molecular complexity index is 729. The van der Waals surface area contributed by atoms with Gasteiger partial charge in [-0.2, -0.15) is 4.98 Å². The number of nitrogens with zero attached hydrogens (tertiary/aromatic N) is 2. The van der Waals surface area contributed by atoms with Gasteiger partial charge in [-0.25, -0.2) is 4.98 Å². The number of rotatable bonds is 5. The van der Waals surface area contributed by atoms with Gasteiger partial charge in [-0.15, -0.1) is 11.3 Å². The lowest BCUT2D eigenvalue weighted by atomic mass is 10.1. The first-order valence-electron chi connectivity index (χ1n) is 6.67. The zero-order valence-corrected chi connectivity index (χ0v) is 12.4. The lowest BCUT2D eigenvalue weighted by molar-refractivity contribution is 0.276. The Hall–Kier alpha value is -2.18. The van der Waals surface area contributed by atoms with Crippen LogP contribution in [0.25, 0.3) is 10.2 Å². The lowest BCUT2D eigenvalue weighted by Gasteiger charge is -2.18. The lowest BCUT2D eigenvalue weighted by Crippen LogP contribution is -2.16. The molecule has 0 aliphatic carbocycles. The molecule has 3 rings (SSSR count). The average molecular weight is 300 g/mol. The zero-order chi connectivity index (χ0) is 14.7. The number of aliphatic hydroxyl groups excluding tert-OH is 1. The van der Waals surface area contributed by atoms with Crippen LogP contribution in [-0.4, -0.2) is 28.7 Å². The molecule has 0 saturated carbocycles. The smallest absolute Gasteiger partial charge is 0.225 e. The van der Waals surface area contributed by atoms with E-state index in [1.807, 2.05) is 41.8 Å². The van der Waals surface area contributed by atoms with E-state index in [2.05, 4.69) is 20.6 Å². The molecule has 0 radical (unpaired) electrons. The summed E-state index contributed by atoms with van der Waals surface area (Å²) in [6.07, 6.45) is 0. The molecule has 5 nitrogen and oxygen atoms in total. The summed E-state index contributed by atoms with van der Waals surface area (Å²) in [5, 5.41) is 18.9. The SMILES string of the molecule is CNc1nc(NC(CO)c2ccccc2)c2ccsc2n1. The molecule has 0 bridgehead atoms. The van der Waals surface area contributed by atoms with Crippen LogP contribution in [-0.2, 0) is 0 Å². The van der Waals surface area contributed by atoms with Gasteiger partial charge in [0.2, 0.25) is 5.95 Å². The number of benzene rings is 1. The topological polar surface area (TPSA) is 70.1 Å². The van der Waals surface area contributed by atoms with Crippen molar-refractivity contribution in [2.24, 2.45) is 0 Å². The molecule has 3 N–H and O–H groups in total. The van der Waals surface area contributed by atoms with Crippen LogP contribution in [0, 0.1) is 0 Å². The summed E-state index contributed by atoms with van der Waals surface area (Å²) < 4.78 is 0. The third-order valence-corrected chi connectivity index (χ3v) is 4.05. The van der Waals surface area contributed by atoms with E-state index in [1.165, 1.54) is 0 Å². The molecule has 1 aromatic carbocycles. The van der Waals surface area contributed by atoms with Gasteiger partial charge in [0, 0.05) is 7.05 Å². The summed E-state index contributed by atoms with van der Waals surface area (Å²) in [6.45, 7) is -0.00542. The van der Waals surface area contributed by atoms with Crippen molar-refractivity contribution in [3.8, 4) is 0 Å². The largest absolute Gasteiger partial charge is 0.394 e. The standard InChI is InChI=1S/C15H16N4OS/c1-16-15-18-13(11-7-8-21-14(11)19-15)17-12(9-20)10-5-3-2-4-6-10/h2-8,12,20H,9H2,1H3,(H2,16,17,18,19). The highest BCUT2D eigenvalue weighted by molar-refractivity contribution is 7.16. The molecular formula is C15H16N4OS. The van der Waals surface area contributed by atoms with Crippen LogP contribution in [0.2, 0.25) is 0 Å². The van der Waals surface area contributed by atoms with Crippen molar-refractivity contribution in [2.45, 2.75) is 6.04 Å². The molecule has 21 heavy (non-hydrogen) atoms. The molecule has 0 fully saturated rings. The first-order valence-corrected chi connectivity index (χ1v) is 7.55. The quantitative estimate of drug-likeness (QED) is 0.676. The maximum absolute atomic E-state index is 9.67. The molecule has 0 aliphatic rings. The van der Waals surface area contributed by atoms with E-state index in [1.54, 1.807) is 18.4 Å². The van der Waals surface area contributed by atoms with E-state index in [9.17, 15) is 5.11 Å². The van der Waals surface area contributed by atoms with Gasteiger partial charge >= 0.3 is 0 Å². The number of nitrogens with one attached hydrogen (secondary N) is 2. The predicted molar refractivity (Wildman–Crippen MR) is 86.9 cm³/mol. The Kier molecular flexibility index (Phi) is 3.98. The number of aliphatic hydroxyl groups is 1. The summed E-state index contributed by atoms with van der Waals surface area (Å²) in [5.74, 6) is 1.30. The molecule has 108 valence electrons. The molecule has 2 heterocycles. The van der Waals surface area contributed by atoms with E-state index in [-0.39, 0.29) is 12.6 Å². The number of hydrogen-bond donors (Lipinski definition) is 3. The molecular weight excluding hydrogens is 284 g/mol. The van der Waals surface area contributed by atoms with Crippen LogP contribution < -0.4 is 10.6 Å². The van der Waals surface area contributed by atoms with Gasteiger partial charge in [-0.05, 0) is 17.0 Å². The Morgan fingerprint density at radius 1 is 1.19 bits per heavy atom. The number of anilines is 2. The van der Waals surface area contributed by atoms with Crippen LogP contribution in [0.1, 0.15) is 11.6 Å². The number of hydrogen-bond acceptors (Lipinski definition) is 6. The van der Waals surface area contributed by atoms with Crippen molar-refractivity contribution in [3.05, 3.63) is 47.3 Å². The van der Waals surface area contributed by atoms with Gasteiger partial charge in [-0.1, -0.05) is 30.3 Å². The van der Waals surface area contributed by atoms with Crippen molar-refractivity contribution >= 4 is 33.3 Å². The number of thiophene rings is 1. The fourth-order valence-electron chi connectivity index (χ4n) is 2.16. The second-order valence-electron chi connectivity index (χ2n) is 4.58. The zero-order valence-electron chi connectivity index (χ0n) is 11.6. The van der Waals surface area contributed by atoms with Crippen molar-refractivity contribution in [1.82, 2.24) is 9.97 Å². The summed E-state index contributed by atoms with van der Waals surface area (Å²) in [5.41, 5.74) is 1.02. The molecule has 0 amide bonds. The van der Waals surface area contributed by atoms with Crippen molar-refractivity contribution < 1.29 is 5.11 Å². The van der Waals surface area contributed by atoms with Crippen LogP contribution in [0.5, 0.6) is 0 Å². The molecule has 6 heteroatoms. The minimum absolute atomic E-state index is 0.00542. The van der Waals surface area contributed by atoms with E-state index < -0.39 is 0 Å². The highest BCUT2D eigenvalue weighted by atomic mass is 32.1. The summed E-state index contributed by atoms with van der Waals surface area (Å²) in [6, 6.07) is 11.6. The normalized spacial score (nSPS) is 12.3. The Balaban J connectivity index is 1.98. The highest BCUT2D eigenvalue weighted by Gasteiger charge is 2.14. The fourth-order valence-corrected chi connectivity index (χ4v) is 2.93. The predicted octanol–water partition coefficient (Wildman–Crippen LogP) is 2.88. The summed E-state index contributed by atoms with van der Waals surface area (Å²) in [4.78, 5) is 9.80. The van der Waals surface area contributed by atoms with E-state index in [0.29, 0.717) is 5.95 Å². The summed E-state index contributed by atoms with van der Waals surface area (Å²) in [7, 11) is 1.79. The molecule has 0 aliphatic heterocycles. The third-order valence-electron chi connectivity index (χ3n) is 3.24. The molecule has 1 unspecified atom stereocenters. The van der Waals surface area contributed by atoms with Crippen molar-refractivity contribution in [3.63, 3.8) is 0 Å². The first-order chi connectivity index (χ1) is 10.3. The fraction of sp³-hybridized carbons (Fsp3) is 0.200. The number of fused-ring (bicyclic) bond motifs is 1. The van der Waals surface area contributed by atoms with Gasteiger partial charge in [0.25, 0.3) is 0 Å². The van der Waals surface area contributed by atoms with Gasteiger partial charge in [0.05, 0.1) is 18.0 Å². The van der Waals surface area contributed by atoms with E-state index >= 15 is 0 Å². The first kappa shape index (κ1) is 13.8. The highest BCUT2D eigenvalue weighted by Crippen LogP contribution is 2.29. The van der Waals surface area contributed by atoms with E-state index in [4.69, 9.17) is 0 Å². The molecule has 1 atom stereocenters. The maximum Gasteiger partial charge on any atom is 0.225 e. The number of aromatic nitrogens is 2. The molecule has 0 spiro atoms. The Morgan fingerprint density at radius 2 is 2.00 bits per heavy atom. The maximum atomic E-state index is 9.67. The monoisotopic (exact) mass is 300 g/mol. The minimum Gasteiger partial charge on any atom is -0.394 e. The summed E-state index contributed by atoms with van der Waals surface area (Å²) >= 11 is 1.57. The molecule has 0 saturated heterocycles. The van der Waals surface area contributed by atoms with E-state index in [0.717, 1.165) is 21.6 Å². The average Bonchev–Trinajstić information content (AvgIpc) is 3.01. The van der Waals surface area contributed by atoms with Gasteiger partial charge in [0.15, 0.2) is 0 Å².